The summed E-state index contributed by atoms with van der Waals surface area (Å²) in [5.74, 6) is 0.248. The smallest absolute Gasteiger partial charge is 0.291 e. The van der Waals surface area contributed by atoms with Crippen LogP contribution in [-0.4, -0.2) is 11.6 Å². The van der Waals surface area contributed by atoms with Gasteiger partial charge in [-0.1, -0.05) is 36.9 Å². The lowest BCUT2D eigenvalue weighted by Crippen LogP contribution is -2.14. The van der Waals surface area contributed by atoms with E-state index in [1.807, 2.05) is 43.3 Å². The number of hydrogen-bond acceptors (Lipinski definition) is 5. The summed E-state index contributed by atoms with van der Waals surface area (Å²) in [5.41, 5.74) is 11.0. The lowest BCUT2D eigenvalue weighted by molar-refractivity contribution is 0.0998. The minimum atomic E-state index is -0.296. The topological polar surface area (TPSA) is 92.6 Å². The molecule has 2 aromatic carbocycles. The zero-order chi connectivity index (χ0) is 17.8. The summed E-state index contributed by atoms with van der Waals surface area (Å²) in [6.45, 7) is 5.36. The number of hydrogen-bond donors (Lipinski definition) is 3. The van der Waals surface area contributed by atoms with Gasteiger partial charge >= 0.3 is 0 Å². The van der Waals surface area contributed by atoms with Crippen LogP contribution in [0.15, 0.2) is 76.5 Å². The molecule has 1 aromatic heterocycles. The van der Waals surface area contributed by atoms with Crippen molar-refractivity contribution in [1.29, 1.82) is 0 Å². The number of para-hydroxylation sites is 1. The Bertz CT molecular complexity index is 922. The number of nitrogens with zero attached hydrogens (tertiary/aromatic N) is 1. The van der Waals surface area contributed by atoms with Gasteiger partial charge in [-0.05, 0) is 36.8 Å². The summed E-state index contributed by atoms with van der Waals surface area (Å²) in [6.07, 6.45) is 0. The molecule has 0 bridgehead atoms. The van der Waals surface area contributed by atoms with Crippen LogP contribution in [-0.2, 0) is 0 Å². The highest BCUT2D eigenvalue weighted by molar-refractivity contribution is 6.05. The first-order chi connectivity index (χ1) is 12.0. The maximum atomic E-state index is 12.3. The molecule has 3 rings (SSSR count). The van der Waals surface area contributed by atoms with Gasteiger partial charge in [-0.15, -0.1) is 0 Å². The van der Waals surface area contributed by atoms with E-state index in [2.05, 4.69) is 22.4 Å². The number of amides is 1. The average molecular weight is 334 g/mol. The Morgan fingerprint density at radius 2 is 1.88 bits per heavy atom. The van der Waals surface area contributed by atoms with Crippen LogP contribution in [0.5, 0.6) is 0 Å². The molecule has 126 valence electrons. The van der Waals surface area contributed by atoms with E-state index in [0.717, 1.165) is 16.7 Å². The Kier molecular flexibility index (Phi) is 4.52. The molecule has 3 aromatic rings. The predicted molar refractivity (Wildman–Crippen MR) is 99.3 cm³/mol. The lowest BCUT2D eigenvalue weighted by Gasteiger charge is -2.06. The summed E-state index contributed by atoms with van der Waals surface area (Å²) in [7, 11) is 0. The molecule has 1 heterocycles. The Labute approximate surface area is 145 Å². The maximum absolute atomic E-state index is 12.3. The minimum Gasteiger partial charge on any atom is -0.451 e. The number of carbonyl (C=O) groups excluding carboxylic acids is 1. The van der Waals surface area contributed by atoms with Crippen molar-refractivity contribution in [3.05, 3.63) is 78.3 Å². The normalized spacial score (nSPS) is 11.3. The van der Waals surface area contributed by atoms with E-state index in [1.165, 1.54) is 0 Å². The fourth-order valence-electron chi connectivity index (χ4n) is 2.30. The molecule has 25 heavy (non-hydrogen) atoms. The number of fused-ring (bicyclic) bond motifs is 1. The third-order valence-corrected chi connectivity index (χ3v) is 3.58. The molecule has 0 saturated heterocycles. The third-order valence-electron chi connectivity index (χ3n) is 3.58. The number of anilines is 1. The second kappa shape index (κ2) is 6.92. The molecule has 6 heteroatoms. The Balaban J connectivity index is 1.71. The summed E-state index contributed by atoms with van der Waals surface area (Å²) >= 11 is 0. The Morgan fingerprint density at radius 3 is 2.56 bits per heavy atom. The number of rotatable bonds is 5. The fourth-order valence-corrected chi connectivity index (χ4v) is 2.30. The molecule has 0 spiro atoms. The van der Waals surface area contributed by atoms with E-state index in [-0.39, 0.29) is 17.5 Å². The highest BCUT2D eigenvalue weighted by Gasteiger charge is 2.12. The molecule has 0 aliphatic carbocycles. The molecule has 0 saturated carbocycles. The molecule has 0 aliphatic heterocycles. The van der Waals surface area contributed by atoms with Crippen LogP contribution in [0.4, 0.5) is 5.69 Å². The molecular formula is C19H18N4O2. The SMILES string of the molecule is C=C(N)N/N=C(\C)c1ccc(NC(=O)c2cc3ccccc3o2)cc1. The number of nitrogens with one attached hydrogen (secondary N) is 2. The second-order valence-electron chi connectivity index (χ2n) is 5.51. The van der Waals surface area contributed by atoms with Crippen molar-refractivity contribution in [2.45, 2.75) is 6.92 Å². The first kappa shape index (κ1) is 16.3. The van der Waals surface area contributed by atoms with E-state index in [0.29, 0.717) is 11.3 Å². The van der Waals surface area contributed by atoms with Crippen molar-refractivity contribution in [2.24, 2.45) is 10.8 Å². The lowest BCUT2D eigenvalue weighted by atomic mass is 10.1. The fraction of sp³-hybridized carbons (Fsp3) is 0.0526. The predicted octanol–water partition coefficient (Wildman–Crippen LogP) is 3.43. The quantitative estimate of drug-likeness (QED) is 0.492. The van der Waals surface area contributed by atoms with Gasteiger partial charge in [0.05, 0.1) is 5.71 Å². The highest BCUT2D eigenvalue weighted by Crippen LogP contribution is 2.20. The number of hydrazone groups is 1. The van der Waals surface area contributed by atoms with Crippen molar-refractivity contribution in [3.8, 4) is 0 Å². The van der Waals surface area contributed by atoms with E-state index >= 15 is 0 Å². The largest absolute Gasteiger partial charge is 0.451 e. The summed E-state index contributed by atoms with van der Waals surface area (Å²) in [6, 6.07) is 16.5. The number of furan rings is 1. The number of carbonyl (C=O) groups is 1. The number of benzene rings is 2. The van der Waals surface area contributed by atoms with Crippen molar-refractivity contribution in [2.75, 3.05) is 5.32 Å². The van der Waals surface area contributed by atoms with Gasteiger partial charge in [0, 0.05) is 11.1 Å². The molecular weight excluding hydrogens is 316 g/mol. The van der Waals surface area contributed by atoms with Crippen LogP contribution in [0.25, 0.3) is 11.0 Å². The van der Waals surface area contributed by atoms with Gasteiger partial charge in [-0.3, -0.25) is 10.2 Å². The van der Waals surface area contributed by atoms with Gasteiger partial charge in [0.15, 0.2) is 5.76 Å². The van der Waals surface area contributed by atoms with E-state index in [4.69, 9.17) is 10.2 Å². The van der Waals surface area contributed by atoms with E-state index in [1.54, 1.807) is 18.2 Å². The first-order valence-corrected chi connectivity index (χ1v) is 7.68. The van der Waals surface area contributed by atoms with Crippen LogP contribution >= 0.6 is 0 Å². The van der Waals surface area contributed by atoms with Gasteiger partial charge in [0.25, 0.3) is 5.91 Å². The molecule has 0 atom stereocenters. The monoisotopic (exact) mass is 334 g/mol. The van der Waals surface area contributed by atoms with E-state index < -0.39 is 0 Å². The molecule has 0 aliphatic rings. The van der Waals surface area contributed by atoms with Crippen LogP contribution < -0.4 is 16.5 Å². The Hall–Kier alpha value is -3.54. The third kappa shape index (κ3) is 3.87. The van der Waals surface area contributed by atoms with Gasteiger partial charge in [0.2, 0.25) is 0 Å². The van der Waals surface area contributed by atoms with Crippen LogP contribution in [0.1, 0.15) is 23.0 Å². The number of nitrogens with two attached hydrogens (primary N) is 1. The highest BCUT2D eigenvalue weighted by atomic mass is 16.3. The molecule has 6 nitrogen and oxygen atoms in total. The van der Waals surface area contributed by atoms with Crippen LogP contribution in [0.2, 0.25) is 0 Å². The zero-order valence-electron chi connectivity index (χ0n) is 13.7. The molecule has 0 unspecified atom stereocenters. The van der Waals surface area contributed by atoms with Crippen molar-refractivity contribution >= 4 is 28.3 Å². The molecule has 4 N–H and O–H groups in total. The molecule has 0 radical (unpaired) electrons. The van der Waals surface area contributed by atoms with Gasteiger partial charge in [-0.2, -0.15) is 5.10 Å². The van der Waals surface area contributed by atoms with Crippen molar-refractivity contribution < 1.29 is 9.21 Å². The second-order valence-corrected chi connectivity index (χ2v) is 5.51. The van der Waals surface area contributed by atoms with Gasteiger partial charge in [-0.25, -0.2) is 0 Å². The average Bonchev–Trinajstić information content (AvgIpc) is 3.04. The Morgan fingerprint density at radius 1 is 1.16 bits per heavy atom. The minimum absolute atomic E-state index is 0.272. The van der Waals surface area contributed by atoms with Crippen molar-refractivity contribution in [3.63, 3.8) is 0 Å². The zero-order valence-corrected chi connectivity index (χ0v) is 13.7. The molecule has 1 amide bonds. The van der Waals surface area contributed by atoms with Gasteiger partial charge in [0.1, 0.15) is 11.4 Å². The van der Waals surface area contributed by atoms with Gasteiger partial charge < -0.3 is 15.5 Å². The van der Waals surface area contributed by atoms with Crippen LogP contribution in [0, 0.1) is 0 Å². The van der Waals surface area contributed by atoms with E-state index in [9.17, 15) is 4.79 Å². The van der Waals surface area contributed by atoms with Crippen LogP contribution in [0.3, 0.4) is 0 Å². The summed E-state index contributed by atoms with van der Waals surface area (Å²) in [4.78, 5) is 12.3. The summed E-state index contributed by atoms with van der Waals surface area (Å²) < 4.78 is 5.56. The summed E-state index contributed by atoms with van der Waals surface area (Å²) in [5, 5.41) is 7.80. The first-order valence-electron chi connectivity index (χ1n) is 7.68. The maximum Gasteiger partial charge on any atom is 0.291 e. The standard InChI is InChI=1S/C19H18N4O2/c1-12(22-23-13(2)20)14-7-9-16(10-8-14)21-19(24)18-11-15-5-3-4-6-17(15)25-18/h3-11,23H,2,20H2,1H3,(H,21,24)/b22-12+. The van der Waals surface area contributed by atoms with Crippen molar-refractivity contribution in [1.82, 2.24) is 5.43 Å². The molecule has 0 fully saturated rings.